The number of hydrogen-bond acceptors (Lipinski definition) is 2. The minimum absolute atomic E-state index is 0.213. The van der Waals surface area contributed by atoms with Crippen molar-refractivity contribution in [2.24, 2.45) is 5.73 Å². The molecule has 3 atom stereocenters. The molecule has 0 amide bonds. The Kier molecular flexibility index (Phi) is 5.34. The van der Waals surface area contributed by atoms with Crippen molar-refractivity contribution < 1.29 is 0 Å². The molecule has 2 rings (SSSR count). The Bertz CT molecular complexity index is 447. The van der Waals surface area contributed by atoms with Gasteiger partial charge in [-0.1, -0.05) is 37.6 Å². The van der Waals surface area contributed by atoms with E-state index in [1.54, 1.807) is 0 Å². The van der Waals surface area contributed by atoms with Crippen molar-refractivity contribution in [1.82, 2.24) is 0 Å². The number of nitrogens with two attached hydrogens (primary N) is 1. The molecule has 1 aliphatic rings. The highest BCUT2D eigenvalue weighted by atomic mass is 35.5. The first-order valence-corrected chi connectivity index (χ1v) is 8.27. The number of hydrogen-bond donors (Lipinski definition) is 1. The predicted octanol–water partition coefficient (Wildman–Crippen LogP) is 4.39. The maximum Gasteiger partial charge on any atom is 0.0642 e. The maximum atomic E-state index is 6.54. The topological polar surface area (TPSA) is 29.3 Å². The summed E-state index contributed by atoms with van der Waals surface area (Å²) >= 11 is 6.54. The lowest BCUT2D eigenvalue weighted by Crippen LogP contribution is -2.35. The van der Waals surface area contributed by atoms with Crippen molar-refractivity contribution in [1.29, 1.82) is 0 Å². The van der Waals surface area contributed by atoms with Crippen LogP contribution in [0.5, 0.6) is 0 Å². The highest BCUT2D eigenvalue weighted by Crippen LogP contribution is 2.39. The smallest absolute Gasteiger partial charge is 0.0642 e. The molecule has 0 bridgehead atoms. The standard InChI is InChI=1S/C17H27ClN2/c1-4-14(19)11-13-7-6-8-16(18)17(13)20-12(3)9-10-15(20)5-2/h6-8,12,14-15H,4-5,9-11,19H2,1-3H3. The number of halogens is 1. The minimum Gasteiger partial charge on any atom is -0.364 e. The van der Waals surface area contributed by atoms with Crippen LogP contribution in [0.25, 0.3) is 0 Å². The van der Waals surface area contributed by atoms with Crippen LogP contribution in [-0.2, 0) is 6.42 Å². The van der Waals surface area contributed by atoms with Gasteiger partial charge in [0.2, 0.25) is 0 Å². The third-order valence-electron chi connectivity index (χ3n) is 4.59. The van der Waals surface area contributed by atoms with E-state index < -0.39 is 0 Å². The van der Waals surface area contributed by atoms with E-state index in [2.05, 4.69) is 31.7 Å². The quantitative estimate of drug-likeness (QED) is 0.873. The van der Waals surface area contributed by atoms with E-state index in [1.165, 1.54) is 30.5 Å². The molecule has 1 saturated heterocycles. The second-order valence-electron chi connectivity index (χ2n) is 6.02. The lowest BCUT2D eigenvalue weighted by atomic mass is 10.0. The second-order valence-corrected chi connectivity index (χ2v) is 6.42. The Labute approximate surface area is 128 Å². The third kappa shape index (κ3) is 3.12. The Morgan fingerprint density at radius 2 is 2.10 bits per heavy atom. The number of nitrogens with zero attached hydrogens (tertiary/aromatic N) is 1. The molecule has 112 valence electrons. The molecule has 0 spiro atoms. The molecule has 2 N–H and O–H groups in total. The van der Waals surface area contributed by atoms with Crippen molar-refractivity contribution in [3.05, 3.63) is 28.8 Å². The number of benzene rings is 1. The summed E-state index contributed by atoms with van der Waals surface area (Å²) in [5, 5.41) is 0.873. The molecule has 0 aliphatic carbocycles. The molecule has 1 aromatic rings. The molecule has 1 aliphatic heterocycles. The van der Waals surface area contributed by atoms with Crippen molar-refractivity contribution in [2.75, 3.05) is 4.90 Å². The third-order valence-corrected chi connectivity index (χ3v) is 4.90. The van der Waals surface area contributed by atoms with E-state index in [-0.39, 0.29) is 6.04 Å². The van der Waals surface area contributed by atoms with Gasteiger partial charge in [-0.25, -0.2) is 0 Å². The molecule has 20 heavy (non-hydrogen) atoms. The van der Waals surface area contributed by atoms with Crippen molar-refractivity contribution in [3.8, 4) is 0 Å². The molecule has 2 nitrogen and oxygen atoms in total. The van der Waals surface area contributed by atoms with Gasteiger partial charge in [-0.15, -0.1) is 0 Å². The molecular formula is C17H27ClN2. The molecule has 0 aromatic heterocycles. The predicted molar refractivity (Wildman–Crippen MR) is 88.7 cm³/mol. The van der Waals surface area contributed by atoms with Gasteiger partial charge in [0.25, 0.3) is 0 Å². The van der Waals surface area contributed by atoms with Gasteiger partial charge < -0.3 is 10.6 Å². The summed E-state index contributed by atoms with van der Waals surface area (Å²) in [7, 11) is 0. The van der Waals surface area contributed by atoms with Crippen LogP contribution in [0.15, 0.2) is 18.2 Å². The largest absolute Gasteiger partial charge is 0.364 e. The molecule has 1 fully saturated rings. The first-order valence-electron chi connectivity index (χ1n) is 7.89. The second kappa shape index (κ2) is 6.82. The van der Waals surface area contributed by atoms with E-state index >= 15 is 0 Å². The lowest BCUT2D eigenvalue weighted by Gasteiger charge is -2.33. The SMILES string of the molecule is CCC(N)Cc1cccc(Cl)c1N1C(C)CCC1CC. The van der Waals surface area contributed by atoms with Crippen LogP contribution >= 0.6 is 11.6 Å². The fourth-order valence-corrected chi connectivity index (χ4v) is 3.61. The van der Waals surface area contributed by atoms with Crippen LogP contribution in [0.2, 0.25) is 5.02 Å². The fourth-order valence-electron chi connectivity index (χ4n) is 3.32. The molecule has 3 unspecified atom stereocenters. The zero-order valence-corrected chi connectivity index (χ0v) is 13.7. The Balaban J connectivity index is 2.38. The van der Waals surface area contributed by atoms with E-state index in [0.29, 0.717) is 12.1 Å². The van der Waals surface area contributed by atoms with Crippen LogP contribution in [-0.4, -0.2) is 18.1 Å². The van der Waals surface area contributed by atoms with Gasteiger partial charge >= 0.3 is 0 Å². The van der Waals surface area contributed by atoms with E-state index in [4.69, 9.17) is 17.3 Å². The highest BCUT2D eigenvalue weighted by Gasteiger charge is 2.32. The molecule has 0 radical (unpaired) electrons. The summed E-state index contributed by atoms with van der Waals surface area (Å²) < 4.78 is 0. The van der Waals surface area contributed by atoms with Gasteiger partial charge in [0, 0.05) is 18.1 Å². The summed E-state index contributed by atoms with van der Waals surface area (Å²) in [4.78, 5) is 2.54. The van der Waals surface area contributed by atoms with Gasteiger partial charge in [-0.3, -0.25) is 0 Å². The Hall–Kier alpha value is -0.730. The van der Waals surface area contributed by atoms with Gasteiger partial charge in [-0.05, 0) is 50.7 Å². The zero-order chi connectivity index (χ0) is 14.7. The van der Waals surface area contributed by atoms with Crippen LogP contribution in [0.4, 0.5) is 5.69 Å². The monoisotopic (exact) mass is 294 g/mol. The van der Waals surface area contributed by atoms with E-state index in [9.17, 15) is 0 Å². The van der Waals surface area contributed by atoms with Crippen LogP contribution in [0.3, 0.4) is 0 Å². The molecule has 1 heterocycles. The molecular weight excluding hydrogens is 268 g/mol. The van der Waals surface area contributed by atoms with Crippen molar-refractivity contribution in [2.45, 2.75) is 71.0 Å². The normalized spacial score (nSPS) is 24.1. The van der Waals surface area contributed by atoms with Gasteiger partial charge in [-0.2, -0.15) is 0 Å². The van der Waals surface area contributed by atoms with Gasteiger partial charge in [0.1, 0.15) is 0 Å². The maximum absolute atomic E-state index is 6.54. The zero-order valence-electron chi connectivity index (χ0n) is 12.9. The molecule has 1 aromatic carbocycles. The van der Waals surface area contributed by atoms with Crippen LogP contribution in [0, 0.1) is 0 Å². The summed E-state index contributed by atoms with van der Waals surface area (Å²) in [6.07, 6.45) is 5.60. The average Bonchev–Trinajstić information content (AvgIpc) is 2.80. The van der Waals surface area contributed by atoms with E-state index in [1.807, 2.05) is 12.1 Å². The Morgan fingerprint density at radius 1 is 1.35 bits per heavy atom. The number of para-hydroxylation sites is 1. The summed E-state index contributed by atoms with van der Waals surface area (Å²) in [6.45, 7) is 6.72. The summed E-state index contributed by atoms with van der Waals surface area (Å²) in [5.41, 5.74) is 8.70. The first kappa shape index (κ1) is 15.7. The fraction of sp³-hybridized carbons (Fsp3) is 0.647. The minimum atomic E-state index is 0.213. The summed E-state index contributed by atoms with van der Waals surface area (Å²) in [6, 6.07) is 7.64. The molecule has 0 saturated carbocycles. The lowest BCUT2D eigenvalue weighted by molar-refractivity contribution is 0.614. The van der Waals surface area contributed by atoms with Crippen molar-refractivity contribution >= 4 is 17.3 Å². The summed E-state index contributed by atoms with van der Waals surface area (Å²) in [5.74, 6) is 0. The first-order chi connectivity index (χ1) is 9.58. The Morgan fingerprint density at radius 3 is 2.75 bits per heavy atom. The average molecular weight is 295 g/mol. The van der Waals surface area contributed by atoms with Gasteiger partial charge in [0.15, 0.2) is 0 Å². The van der Waals surface area contributed by atoms with E-state index in [0.717, 1.165) is 17.9 Å². The number of rotatable bonds is 5. The molecule has 3 heteroatoms. The van der Waals surface area contributed by atoms with Crippen LogP contribution in [0.1, 0.15) is 52.0 Å². The number of anilines is 1. The van der Waals surface area contributed by atoms with Gasteiger partial charge in [0.05, 0.1) is 10.7 Å². The van der Waals surface area contributed by atoms with Crippen molar-refractivity contribution in [3.63, 3.8) is 0 Å². The van der Waals surface area contributed by atoms with Crippen LogP contribution < -0.4 is 10.6 Å². The highest BCUT2D eigenvalue weighted by molar-refractivity contribution is 6.33.